The van der Waals surface area contributed by atoms with Gasteiger partial charge in [-0.1, -0.05) is 0 Å². The number of nitrogens with one attached hydrogen (secondary N) is 1. The third-order valence-corrected chi connectivity index (χ3v) is 5.10. The van der Waals surface area contributed by atoms with E-state index in [0.717, 1.165) is 47.2 Å². The summed E-state index contributed by atoms with van der Waals surface area (Å²) in [5, 5.41) is 11.5. The van der Waals surface area contributed by atoms with Crippen LogP contribution >= 0.6 is 22.7 Å². The second-order valence-corrected chi connectivity index (χ2v) is 7.41. The lowest BCUT2D eigenvalue weighted by atomic mass is 10.3. The Balaban J connectivity index is 1.51. The molecule has 3 heterocycles. The number of H-pyrrole nitrogens is 1. The molecule has 3 rings (SSSR count). The van der Waals surface area contributed by atoms with Crippen LogP contribution in [-0.2, 0) is 25.7 Å². The minimum atomic E-state index is 0.926. The molecular formula is C14H17N5S2. The maximum absolute atomic E-state index is 4.50. The van der Waals surface area contributed by atoms with Gasteiger partial charge < -0.3 is 4.98 Å². The van der Waals surface area contributed by atoms with Gasteiger partial charge >= 0.3 is 0 Å². The summed E-state index contributed by atoms with van der Waals surface area (Å²) in [6, 6.07) is 0. The van der Waals surface area contributed by atoms with E-state index in [1.807, 2.05) is 26.2 Å². The first kappa shape index (κ1) is 14.3. The molecule has 0 saturated heterocycles. The van der Waals surface area contributed by atoms with Crippen LogP contribution in [0.15, 0.2) is 12.4 Å². The number of thiazole rings is 1. The van der Waals surface area contributed by atoms with Crippen molar-refractivity contribution < 1.29 is 0 Å². The van der Waals surface area contributed by atoms with Crippen LogP contribution in [0.3, 0.4) is 0 Å². The zero-order chi connectivity index (χ0) is 14.7. The second kappa shape index (κ2) is 6.44. The van der Waals surface area contributed by atoms with E-state index in [4.69, 9.17) is 0 Å². The van der Waals surface area contributed by atoms with Gasteiger partial charge in [0, 0.05) is 42.2 Å². The van der Waals surface area contributed by atoms with Crippen molar-refractivity contribution >= 4 is 22.7 Å². The molecule has 0 aromatic carbocycles. The maximum Gasteiger partial charge on any atom is 0.117 e. The molecule has 0 bridgehead atoms. The molecule has 0 amide bonds. The average molecular weight is 319 g/mol. The van der Waals surface area contributed by atoms with Gasteiger partial charge in [0.05, 0.1) is 5.01 Å². The van der Waals surface area contributed by atoms with E-state index >= 15 is 0 Å². The number of imidazole rings is 1. The number of aromatic amines is 1. The molecule has 0 aliphatic carbocycles. The molecule has 3 aromatic rings. The number of aryl methyl sites for hydroxylation is 6. The van der Waals surface area contributed by atoms with Gasteiger partial charge in [-0.3, -0.25) is 0 Å². The van der Waals surface area contributed by atoms with Crippen molar-refractivity contribution in [3.8, 4) is 0 Å². The van der Waals surface area contributed by atoms with E-state index in [9.17, 15) is 0 Å². The lowest BCUT2D eigenvalue weighted by Gasteiger charge is -1.94. The van der Waals surface area contributed by atoms with E-state index < -0.39 is 0 Å². The summed E-state index contributed by atoms with van der Waals surface area (Å²) < 4.78 is 0. The molecule has 0 atom stereocenters. The molecule has 0 aliphatic heterocycles. The Hall–Kier alpha value is -1.60. The highest BCUT2D eigenvalue weighted by Crippen LogP contribution is 2.18. The topological polar surface area (TPSA) is 67.3 Å². The molecule has 3 aromatic heterocycles. The van der Waals surface area contributed by atoms with Crippen LogP contribution in [0.1, 0.15) is 31.4 Å². The zero-order valence-corrected chi connectivity index (χ0v) is 13.7. The van der Waals surface area contributed by atoms with E-state index in [1.54, 1.807) is 22.7 Å². The highest BCUT2D eigenvalue weighted by Gasteiger charge is 2.06. The largest absolute Gasteiger partial charge is 0.346 e. The normalized spacial score (nSPS) is 11.1. The summed E-state index contributed by atoms with van der Waals surface area (Å²) in [6.07, 6.45) is 7.65. The van der Waals surface area contributed by atoms with E-state index in [2.05, 4.69) is 25.1 Å². The SMILES string of the molecule is Cc1cnc(CCc2cnc(CCc3nnc(C)s3)s2)[nH]1. The average Bonchev–Trinajstić information content (AvgIpc) is 3.16. The van der Waals surface area contributed by atoms with Crippen LogP contribution in [0.5, 0.6) is 0 Å². The predicted molar refractivity (Wildman–Crippen MR) is 84.9 cm³/mol. The Labute approximate surface area is 131 Å². The lowest BCUT2D eigenvalue weighted by molar-refractivity contribution is 0.885. The highest BCUT2D eigenvalue weighted by molar-refractivity contribution is 7.11. The van der Waals surface area contributed by atoms with Gasteiger partial charge in [-0.15, -0.1) is 32.9 Å². The molecule has 0 fully saturated rings. The van der Waals surface area contributed by atoms with Crippen LogP contribution in [0, 0.1) is 13.8 Å². The Bertz CT molecular complexity index is 654. The third-order valence-electron chi connectivity index (χ3n) is 3.09. The predicted octanol–water partition coefficient (Wildman–Crippen LogP) is 2.90. The van der Waals surface area contributed by atoms with Crippen LogP contribution < -0.4 is 0 Å². The zero-order valence-electron chi connectivity index (χ0n) is 12.1. The van der Waals surface area contributed by atoms with Crippen molar-refractivity contribution in [1.82, 2.24) is 25.1 Å². The third kappa shape index (κ3) is 3.95. The second-order valence-electron chi connectivity index (χ2n) is 4.95. The fourth-order valence-corrected chi connectivity index (χ4v) is 3.70. The first-order valence-corrected chi connectivity index (χ1v) is 8.55. The summed E-state index contributed by atoms with van der Waals surface area (Å²) in [4.78, 5) is 13.4. The highest BCUT2D eigenvalue weighted by atomic mass is 32.1. The molecular weight excluding hydrogens is 302 g/mol. The lowest BCUT2D eigenvalue weighted by Crippen LogP contribution is -1.91. The first-order valence-electron chi connectivity index (χ1n) is 6.92. The van der Waals surface area contributed by atoms with E-state index in [0.29, 0.717) is 0 Å². The molecule has 0 aliphatic rings. The van der Waals surface area contributed by atoms with Crippen LogP contribution in [0.4, 0.5) is 0 Å². The van der Waals surface area contributed by atoms with Crippen molar-refractivity contribution in [3.05, 3.63) is 43.8 Å². The molecule has 0 spiro atoms. The summed E-state index contributed by atoms with van der Waals surface area (Å²) >= 11 is 3.45. The quantitative estimate of drug-likeness (QED) is 0.758. The number of aromatic nitrogens is 5. The van der Waals surface area contributed by atoms with Gasteiger partial charge in [0.25, 0.3) is 0 Å². The number of nitrogens with zero attached hydrogens (tertiary/aromatic N) is 4. The minimum absolute atomic E-state index is 0.926. The Morgan fingerprint density at radius 3 is 2.48 bits per heavy atom. The van der Waals surface area contributed by atoms with Crippen molar-refractivity contribution in [2.45, 2.75) is 39.5 Å². The molecule has 1 N–H and O–H groups in total. The van der Waals surface area contributed by atoms with Crippen LogP contribution in [0.25, 0.3) is 0 Å². The molecule has 0 saturated carbocycles. The Morgan fingerprint density at radius 1 is 0.905 bits per heavy atom. The van der Waals surface area contributed by atoms with Gasteiger partial charge in [0.1, 0.15) is 15.8 Å². The van der Waals surface area contributed by atoms with Gasteiger partial charge in [0.2, 0.25) is 0 Å². The molecule has 110 valence electrons. The Kier molecular flexibility index (Phi) is 4.40. The smallest absolute Gasteiger partial charge is 0.117 e. The summed E-state index contributed by atoms with van der Waals surface area (Å²) in [5.41, 5.74) is 1.11. The molecule has 0 radical (unpaired) electrons. The fraction of sp³-hybridized carbons (Fsp3) is 0.429. The van der Waals surface area contributed by atoms with E-state index in [1.165, 1.54) is 9.88 Å². The van der Waals surface area contributed by atoms with Gasteiger partial charge in [0.15, 0.2) is 0 Å². The van der Waals surface area contributed by atoms with Gasteiger partial charge in [-0.2, -0.15) is 0 Å². The number of hydrogen-bond acceptors (Lipinski definition) is 6. The number of hydrogen-bond donors (Lipinski definition) is 1. The Morgan fingerprint density at radius 2 is 1.76 bits per heavy atom. The molecule has 0 unspecified atom stereocenters. The van der Waals surface area contributed by atoms with E-state index in [-0.39, 0.29) is 0 Å². The van der Waals surface area contributed by atoms with Crippen molar-refractivity contribution in [2.24, 2.45) is 0 Å². The molecule has 5 nitrogen and oxygen atoms in total. The van der Waals surface area contributed by atoms with Gasteiger partial charge in [-0.05, 0) is 20.3 Å². The summed E-state index contributed by atoms with van der Waals surface area (Å²) in [7, 11) is 0. The summed E-state index contributed by atoms with van der Waals surface area (Å²) in [6.45, 7) is 4.01. The van der Waals surface area contributed by atoms with Crippen molar-refractivity contribution in [1.29, 1.82) is 0 Å². The van der Waals surface area contributed by atoms with Crippen LogP contribution in [-0.4, -0.2) is 25.1 Å². The molecule has 21 heavy (non-hydrogen) atoms. The minimum Gasteiger partial charge on any atom is -0.346 e. The summed E-state index contributed by atoms with van der Waals surface area (Å²) in [5.74, 6) is 1.05. The maximum atomic E-state index is 4.50. The fourth-order valence-electron chi connectivity index (χ4n) is 2.07. The van der Waals surface area contributed by atoms with Crippen LogP contribution in [0.2, 0.25) is 0 Å². The monoisotopic (exact) mass is 319 g/mol. The first-order chi connectivity index (χ1) is 10.2. The number of rotatable bonds is 6. The van der Waals surface area contributed by atoms with Gasteiger partial charge in [-0.25, -0.2) is 9.97 Å². The van der Waals surface area contributed by atoms with Crippen molar-refractivity contribution in [3.63, 3.8) is 0 Å². The molecule has 7 heteroatoms. The standard InChI is InChI=1S/C14H17N5S2/c1-9-7-15-12(17-9)4-3-11-8-16-13(21-11)5-6-14-19-18-10(2)20-14/h7-8H,3-6H2,1-2H3,(H,15,17). The van der Waals surface area contributed by atoms with Crippen molar-refractivity contribution in [2.75, 3.05) is 0 Å².